The van der Waals surface area contributed by atoms with E-state index >= 15 is 0 Å². The molecule has 2 aromatic rings. The molecule has 1 aliphatic carbocycles. The molecule has 2 fully saturated rings. The van der Waals surface area contributed by atoms with Crippen molar-refractivity contribution in [3.05, 3.63) is 35.5 Å². The second kappa shape index (κ2) is 9.21. The predicted octanol–water partition coefficient (Wildman–Crippen LogP) is 3.40. The van der Waals surface area contributed by atoms with Gasteiger partial charge in [-0.05, 0) is 70.1 Å². The topological polar surface area (TPSA) is 135 Å². The summed E-state index contributed by atoms with van der Waals surface area (Å²) in [4.78, 5) is 30.0. The highest BCUT2D eigenvalue weighted by Crippen LogP contribution is 2.30. The number of primary amides is 1. The van der Waals surface area contributed by atoms with Gasteiger partial charge in [0.05, 0.1) is 0 Å². The molecule has 2 amide bonds. The Balaban J connectivity index is 1.35. The summed E-state index contributed by atoms with van der Waals surface area (Å²) < 4.78 is 5.48. The minimum absolute atomic E-state index is 0.0421. The number of amides is 2. The number of aromatic nitrogens is 3. The minimum atomic E-state index is -0.660. The van der Waals surface area contributed by atoms with Gasteiger partial charge in [0.15, 0.2) is 11.5 Å². The summed E-state index contributed by atoms with van der Waals surface area (Å²) in [5.74, 6) is 0.379. The lowest BCUT2D eigenvalue weighted by atomic mass is 9.89. The van der Waals surface area contributed by atoms with Crippen molar-refractivity contribution in [1.29, 1.82) is 0 Å². The van der Waals surface area contributed by atoms with E-state index in [1.165, 1.54) is 5.56 Å². The van der Waals surface area contributed by atoms with Gasteiger partial charge in [-0.1, -0.05) is 12.1 Å². The van der Waals surface area contributed by atoms with Crippen LogP contribution in [0.25, 0.3) is 0 Å². The summed E-state index contributed by atoms with van der Waals surface area (Å²) in [6.45, 7) is 7.00. The first-order chi connectivity index (χ1) is 15.7. The molecular formula is C23H31N7O3. The van der Waals surface area contributed by atoms with Crippen LogP contribution in [-0.4, -0.2) is 56.8 Å². The van der Waals surface area contributed by atoms with Crippen LogP contribution in [0.5, 0.6) is 0 Å². The molecule has 1 saturated carbocycles. The molecule has 4 rings (SSSR count). The Morgan fingerprint density at radius 3 is 2.30 bits per heavy atom. The molecule has 0 spiro atoms. The van der Waals surface area contributed by atoms with Gasteiger partial charge in [0.25, 0.3) is 5.91 Å². The number of carbonyl (C=O) groups is 2. The van der Waals surface area contributed by atoms with Gasteiger partial charge in [-0.25, -0.2) is 4.79 Å². The SMILES string of the molecule is CC(C)(C)OC(=O)N1CCC(c2ccc(Nc3nnc(C(N)=O)c(NC4CC4)n3)cc2)CC1. The van der Waals surface area contributed by atoms with E-state index in [1.54, 1.807) is 4.90 Å². The van der Waals surface area contributed by atoms with Crippen LogP contribution in [-0.2, 0) is 4.74 Å². The zero-order valence-electron chi connectivity index (χ0n) is 19.3. The fourth-order valence-electron chi connectivity index (χ4n) is 3.76. The highest BCUT2D eigenvalue weighted by molar-refractivity contribution is 5.95. The van der Waals surface area contributed by atoms with Crippen molar-refractivity contribution in [2.24, 2.45) is 5.73 Å². The molecule has 1 aromatic heterocycles. The Morgan fingerprint density at radius 1 is 1.06 bits per heavy atom. The van der Waals surface area contributed by atoms with Crippen LogP contribution >= 0.6 is 0 Å². The Hall–Kier alpha value is -3.43. The molecule has 0 atom stereocenters. The number of benzene rings is 1. The first kappa shape index (κ1) is 22.8. The van der Waals surface area contributed by atoms with Crippen LogP contribution in [0, 0.1) is 0 Å². The molecule has 33 heavy (non-hydrogen) atoms. The Bertz CT molecular complexity index is 1010. The van der Waals surface area contributed by atoms with E-state index in [0.29, 0.717) is 36.8 Å². The minimum Gasteiger partial charge on any atom is -0.444 e. The smallest absolute Gasteiger partial charge is 0.410 e. The van der Waals surface area contributed by atoms with Crippen molar-refractivity contribution >= 4 is 29.5 Å². The molecule has 176 valence electrons. The maximum Gasteiger partial charge on any atom is 0.410 e. The van der Waals surface area contributed by atoms with E-state index in [1.807, 2.05) is 32.9 Å². The number of nitrogens with zero attached hydrogens (tertiary/aromatic N) is 4. The second-order valence-corrected chi connectivity index (χ2v) is 9.60. The van der Waals surface area contributed by atoms with E-state index in [-0.39, 0.29) is 11.8 Å². The lowest BCUT2D eigenvalue weighted by Crippen LogP contribution is -2.41. The third kappa shape index (κ3) is 6.09. The Kier molecular flexibility index (Phi) is 6.35. The summed E-state index contributed by atoms with van der Waals surface area (Å²) in [6, 6.07) is 8.38. The molecule has 0 radical (unpaired) electrons. The summed E-state index contributed by atoms with van der Waals surface area (Å²) in [6.07, 6.45) is 3.60. The van der Waals surface area contributed by atoms with Crippen LogP contribution < -0.4 is 16.4 Å². The van der Waals surface area contributed by atoms with Gasteiger partial charge in [0, 0.05) is 24.8 Å². The molecule has 10 heteroatoms. The number of nitrogens with two attached hydrogens (primary N) is 1. The lowest BCUT2D eigenvalue weighted by Gasteiger charge is -2.33. The van der Waals surface area contributed by atoms with Gasteiger partial charge < -0.3 is 26.0 Å². The van der Waals surface area contributed by atoms with Crippen LogP contribution in [0.1, 0.15) is 68.4 Å². The Labute approximate surface area is 193 Å². The number of rotatable bonds is 6. The first-order valence-electron chi connectivity index (χ1n) is 11.3. The number of hydrogen-bond donors (Lipinski definition) is 3. The molecule has 4 N–H and O–H groups in total. The van der Waals surface area contributed by atoms with Crippen molar-refractivity contribution < 1.29 is 14.3 Å². The first-order valence-corrected chi connectivity index (χ1v) is 11.3. The summed E-state index contributed by atoms with van der Waals surface area (Å²) in [5, 5.41) is 14.2. The fourth-order valence-corrected chi connectivity index (χ4v) is 3.76. The molecule has 0 bridgehead atoms. The van der Waals surface area contributed by atoms with E-state index in [2.05, 4.69) is 37.9 Å². The standard InChI is InChI=1S/C23H31N7O3/c1-23(2,3)33-22(32)30-12-10-15(11-13-30)14-4-6-17(7-5-14)26-21-27-20(25-16-8-9-16)18(19(24)31)28-29-21/h4-7,15-16H,8-13H2,1-3H3,(H2,24,31)(H2,25,26,27,29). The average Bonchev–Trinajstić information content (AvgIpc) is 3.57. The summed E-state index contributed by atoms with van der Waals surface area (Å²) in [5.41, 5.74) is 6.98. The average molecular weight is 454 g/mol. The normalized spacial score (nSPS) is 16.9. The largest absolute Gasteiger partial charge is 0.444 e. The molecule has 1 saturated heterocycles. The van der Waals surface area contributed by atoms with Gasteiger partial charge in [-0.3, -0.25) is 4.79 Å². The van der Waals surface area contributed by atoms with Gasteiger partial charge in [0.1, 0.15) is 5.60 Å². The number of anilines is 3. The van der Waals surface area contributed by atoms with Crippen LogP contribution in [0.4, 0.5) is 22.2 Å². The molecular weight excluding hydrogens is 422 g/mol. The number of hydrogen-bond acceptors (Lipinski definition) is 8. The third-order valence-corrected chi connectivity index (χ3v) is 5.62. The van der Waals surface area contributed by atoms with E-state index in [4.69, 9.17) is 10.5 Å². The number of piperidine rings is 1. The number of nitrogens with one attached hydrogen (secondary N) is 2. The maximum atomic E-state index is 12.3. The van der Waals surface area contributed by atoms with Crippen molar-refractivity contribution in [3.8, 4) is 0 Å². The molecule has 2 aliphatic rings. The van der Waals surface area contributed by atoms with E-state index in [9.17, 15) is 9.59 Å². The molecule has 2 heterocycles. The fraction of sp³-hybridized carbons (Fsp3) is 0.522. The highest BCUT2D eigenvalue weighted by atomic mass is 16.6. The van der Waals surface area contributed by atoms with Crippen LogP contribution in [0.15, 0.2) is 24.3 Å². The van der Waals surface area contributed by atoms with Crippen molar-refractivity contribution in [1.82, 2.24) is 20.1 Å². The van der Waals surface area contributed by atoms with E-state index < -0.39 is 11.5 Å². The molecule has 1 aromatic carbocycles. The molecule has 10 nitrogen and oxygen atoms in total. The third-order valence-electron chi connectivity index (χ3n) is 5.62. The van der Waals surface area contributed by atoms with Crippen LogP contribution in [0.2, 0.25) is 0 Å². The van der Waals surface area contributed by atoms with E-state index in [0.717, 1.165) is 31.4 Å². The van der Waals surface area contributed by atoms with Gasteiger partial charge in [-0.2, -0.15) is 4.98 Å². The van der Waals surface area contributed by atoms with Crippen molar-refractivity contribution in [3.63, 3.8) is 0 Å². The van der Waals surface area contributed by atoms with Crippen LogP contribution in [0.3, 0.4) is 0 Å². The second-order valence-electron chi connectivity index (χ2n) is 9.60. The molecule has 0 unspecified atom stereocenters. The summed E-state index contributed by atoms with van der Waals surface area (Å²) in [7, 11) is 0. The number of likely N-dealkylation sites (tertiary alicyclic amines) is 1. The highest BCUT2D eigenvalue weighted by Gasteiger charge is 2.28. The zero-order valence-corrected chi connectivity index (χ0v) is 19.3. The molecule has 1 aliphatic heterocycles. The monoisotopic (exact) mass is 453 g/mol. The summed E-state index contributed by atoms with van der Waals surface area (Å²) >= 11 is 0. The quantitative estimate of drug-likeness (QED) is 0.605. The van der Waals surface area contributed by atoms with Gasteiger partial charge in [-0.15, -0.1) is 10.2 Å². The van der Waals surface area contributed by atoms with Crippen molar-refractivity contribution in [2.75, 3.05) is 23.7 Å². The maximum absolute atomic E-state index is 12.3. The van der Waals surface area contributed by atoms with Gasteiger partial charge >= 0.3 is 6.09 Å². The Morgan fingerprint density at radius 2 is 1.73 bits per heavy atom. The lowest BCUT2D eigenvalue weighted by molar-refractivity contribution is 0.0204. The number of carbonyl (C=O) groups excluding carboxylic acids is 2. The predicted molar refractivity (Wildman–Crippen MR) is 124 cm³/mol. The number of ether oxygens (including phenoxy) is 1. The zero-order chi connectivity index (χ0) is 23.6. The van der Waals surface area contributed by atoms with Gasteiger partial charge in [0.2, 0.25) is 5.95 Å². The van der Waals surface area contributed by atoms with Crippen molar-refractivity contribution in [2.45, 2.75) is 64.0 Å².